The number of rotatable bonds is 3. The van der Waals surface area contributed by atoms with Gasteiger partial charge in [-0.2, -0.15) is 5.10 Å². The Balaban J connectivity index is 2.11. The van der Waals surface area contributed by atoms with Crippen LogP contribution >= 0.6 is 0 Å². The number of carboxylic acid groups (broad SMARTS) is 1. The highest BCUT2D eigenvalue weighted by Gasteiger charge is 2.14. The van der Waals surface area contributed by atoms with Crippen LogP contribution in [0.5, 0.6) is 0 Å². The van der Waals surface area contributed by atoms with Crippen LogP contribution in [0.1, 0.15) is 15.9 Å². The highest BCUT2D eigenvalue weighted by Crippen LogP contribution is 2.17. The standard InChI is InChI=1S/C14H12N4O3/c15-10-3-1-2-9(12(10)14(20)21)8-17-6-7-18-11(13(17)19)4-5-16-18/h1-7H,8,15H2,(H,20,21). The van der Waals surface area contributed by atoms with E-state index in [2.05, 4.69) is 5.10 Å². The Morgan fingerprint density at radius 1 is 1.29 bits per heavy atom. The van der Waals surface area contributed by atoms with E-state index in [4.69, 9.17) is 5.73 Å². The van der Waals surface area contributed by atoms with Crippen molar-refractivity contribution in [3.05, 3.63) is 64.3 Å². The van der Waals surface area contributed by atoms with Crippen LogP contribution in [-0.2, 0) is 6.54 Å². The van der Waals surface area contributed by atoms with Crippen molar-refractivity contribution >= 4 is 17.2 Å². The Bertz CT molecular complexity index is 895. The van der Waals surface area contributed by atoms with Gasteiger partial charge in [-0.05, 0) is 17.7 Å². The lowest BCUT2D eigenvalue weighted by Gasteiger charge is -2.10. The summed E-state index contributed by atoms with van der Waals surface area (Å²) in [5.41, 5.74) is 6.58. The summed E-state index contributed by atoms with van der Waals surface area (Å²) in [5.74, 6) is -1.11. The van der Waals surface area contributed by atoms with Gasteiger partial charge in [0.1, 0.15) is 5.52 Å². The molecule has 0 amide bonds. The van der Waals surface area contributed by atoms with E-state index in [1.165, 1.54) is 21.3 Å². The van der Waals surface area contributed by atoms with Crippen molar-refractivity contribution in [2.24, 2.45) is 0 Å². The van der Waals surface area contributed by atoms with Crippen LogP contribution in [0.15, 0.2) is 47.7 Å². The van der Waals surface area contributed by atoms with Gasteiger partial charge >= 0.3 is 5.97 Å². The lowest BCUT2D eigenvalue weighted by atomic mass is 10.1. The average molecular weight is 284 g/mol. The fourth-order valence-corrected chi connectivity index (χ4v) is 2.28. The van der Waals surface area contributed by atoms with Crippen LogP contribution in [0.3, 0.4) is 0 Å². The molecule has 7 nitrogen and oxygen atoms in total. The molecule has 3 aromatic rings. The third kappa shape index (κ3) is 2.14. The maximum Gasteiger partial charge on any atom is 0.338 e. The van der Waals surface area contributed by atoms with Gasteiger partial charge in [-0.3, -0.25) is 4.79 Å². The zero-order valence-corrected chi connectivity index (χ0v) is 10.9. The summed E-state index contributed by atoms with van der Waals surface area (Å²) in [7, 11) is 0. The molecule has 0 atom stereocenters. The van der Waals surface area contributed by atoms with Gasteiger partial charge in [0.05, 0.1) is 18.3 Å². The summed E-state index contributed by atoms with van der Waals surface area (Å²) in [6.07, 6.45) is 4.74. The first-order chi connectivity index (χ1) is 10.1. The van der Waals surface area contributed by atoms with Crippen LogP contribution < -0.4 is 11.3 Å². The number of aromatic carboxylic acids is 1. The van der Waals surface area contributed by atoms with Crippen molar-refractivity contribution in [2.45, 2.75) is 6.54 Å². The largest absolute Gasteiger partial charge is 0.478 e. The highest BCUT2D eigenvalue weighted by atomic mass is 16.4. The number of anilines is 1. The van der Waals surface area contributed by atoms with Gasteiger partial charge in [-0.25, -0.2) is 9.31 Å². The van der Waals surface area contributed by atoms with Crippen LogP contribution in [0.25, 0.3) is 5.52 Å². The predicted octanol–water partition coefficient (Wildman–Crippen LogP) is 0.825. The normalized spacial score (nSPS) is 10.9. The first-order valence-electron chi connectivity index (χ1n) is 6.21. The molecule has 106 valence electrons. The molecule has 1 aromatic carbocycles. The average Bonchev–Trinajstić information content (AvgIpc) is 2.91. The van der Waals surface area contributed by atoms with Gasteiger partial charge in [0, 0.05) is 18.1 Å². The van der Waals surface area contributed by atoms with E-state index < -0.39 is 5.97 Å². The topological polar surface area (TPSA) is 103 Å². The number of nitrogen functional groups attached to an aromatic ring is 1. The summed E-state index contributed by atoms with van der Waals surface area (Å²) < 4.78 is 2.90. The lowest BCUT2D eigenvalue weighted by molar-refractivity contribution is 0.0696. The minimum absolute atomic E-state index is 0.0257. The molecule has 3 rings (SSSR count). The molecule has 0 radical (unpaired) electrons. The van der Waals surface area contributed by atoms with E-state index in [0.29, 0.717) is 11.1 Å². The molecule has 2 heterocycles. The highest BCUT2D eigenvalue weighted by molar-refractivity contribution is 5.95. The minimum Gasteiger partial charge on any atom is -0.478 e. The van der Waals surface area contributed by atoms with Gasteiger partial charge < -0.3 is 15.4 Å². The van der Waals surface area contributed by atoms with Crippen molar-refractivity contribution in [3.63, 3.8) is 0 Å². The van der Waals surface area contributed by atoms with Gasteiger partial charge in [0.15, 0.2) is 0 Å². The van der Waals surface area contributed by atoms with E-state index >= 15 is 0 Å². The number of hydrogen-bond donors (Lipinski definition) is 2. The first-order valence-corrected chi connectivity index (χ1v) is 6.21. The van der Waals surface area contributed by atoms with E-state index in [9.17, 15) is 14.7 Å². The Morgan fingerprint density at radius 3 is 2.86 bits per heavy atom. The van der Waals surface area contributed by atoms with E-state index in [1.807, 2.05) is 0 Å². The summed E-state index contributed by atoms with van der Waals surface area (Å²) in [4.78, 5) is 23.6. The molecular formula is C14H12N4O3. The molecule has 0 fully saturated rings. The van der Waals surface area contributed by atoms with Crippen LogP contribution in [0, 0.1) is 0 Å². The number of hydrogen-bond acceptors (Lipinski definition) is 4. The van der Waals surface area contributed by atoms with E-state index in [-0.39, 0.29) is 23.4 Å². The SMILES string of the molecule is Nc1cccc(Cn2ccn3nccc3c2=O)c1C(=O)O. The second kappa shape index (κ2) is 4.78. The summed E-state index contributed by atoms with van der Waals surface area (Å²) in [6.45, 7) is 0.132. The third-order valence-electron chi connectivity index (χ3n) is 3.28. The minimum atomic E-state index is -1.11. The van der Waals surface area contributed by atoms with Crippen LogP contribution in [0.2, 0.25) is 0 Å². The summed E-state index contributed by atoms with van der Waals surface area (Å²) >= 11 is 0. The van der Waals surface area contributed by atoms with Gasteiger partial charge in [0.25, 0.3) is 5.56 Å². The van der Waals surface area contributed by atoms with Crippen molar-refractivity contribution in [2.75, 3.05) is 5.73 Å². The molecule has 0 aliphatic rings. The van der Waals surface area contributed by atoms with Crippen LogP contribution in [-0.4, -0.2) is 25.3 Å². The summed E-state index contributed by atoms with van der Waals surface area (Å²) in [6, 6.07) is 6.44. The number of carboxylic acids is 1. The Kier molecular flexibility index (Phi) is 2.94. The van der Waals surface area contributed by atoms with Gasteiger partial charge in [-0.15, -0.1) is 0 Å². The van der Waals surface area contributed by atoms with Crippen LogP contribution in [0.4, 0.5) is 5.69 Å². The molecule has 2 aromatic heterocycles. The van der Waals surface area contributed by atoms with Crippen molar-refractivity contribution in [1.29, 1.82) is 0 Å². The van der Waals surface area contributed by atoms with Crippen molar-refractivity contribution in [1.82, 2.24) is 14.2 Å². The molecule has 0 aliphatic heterocycles. The molecule has 0 aliphatic carbocycles. The Hall–Kier alpha value is -3.09. The van der Waals surface area contributed by atoms with Gasteiger partial charge in [-0.1, -0.05) is 12.1 Å². The fourth-order valence-electron chi connectivity index (χ4n) is 2.28. The Morgan fingerprint density at radius 2 is 2.10 bits per heavy atom. The third-order valence-corrected chi connectivity index (χ3v) is 3.28. The fraction of sp³-hybridized carbons (Fsp3) is 0.0714. The number of benzene rings is 1. The zero-order chi connectivity index (χ0) is 15.0. The van der Waals surface area contributed by atoms with E-state index in [1.54, 1.807) is 30.6 Å². The maximum absolute atomic E-state index is 12.3. The predicted molar refractivity (Wildman–Crippen MR) is 76.4 cm³/mol. The second-order valence-electron chi connectivity index (χ2n) is 4.58. The molecule has 21 heavy (non-hydrogen) atoms. The molecule has 0 spiro atoms. The van der Waals surface area contributed by atoms with Gasteiger partial charge in [0.2, 0.25) is 0 Å². The van der Waals surface area contributed by atoms with Crippen molar-refractivity contribution < 1.29 is 9.90 Å². The maximum atomic E-state index is 12.3. The summed E-state index contributed by atoms with van der Waals surface area (Å²) in [5, 5.41) is 13.2. The molecule has 0 bridgehead atoms. The first kappa shape index (κ1) is 12.9. The molecule has 3 N–H and O–H groups in total. The number of nitrogens with zero attached hydrogens (tertiary/aromatic N) is 3. The van der Waals surface area contributed by atoms with Crippen molar-refractivity contribution in [3.8, 4) is 0 Å². The van der Waals surface area contributed by atoms with E-state index in [0.717, 1.165) is 0 Å². The Labute approximate surface area is 118 Å². The monoisotopic (exact) mass is 284 g/mol. The number of fused-ring (bicyclic) bond motifs is 1. The smallest absolute Gasteiger partial charge is 0.338 e. The molecule has 7 heteroatoms. The molecule has 0 saturated heterocycles. The lowest BCUT2D eigenvalue weighted by Crippen LogP contribution is -2.23. The number of nitrogens with two attached hydrogens (primary N) is 1. The molecule has 0 unspecified atom stereocenters. The molecule has 0 saturated carbocycles. The molecular weight excluding hydrogens is 272 g/mol. The number of aromatic nitrogens is 3. The second-order valence-corrected chi connectivity index (χ2v) is 4.58. The zero-order valence-electron chi connectivity index (χ0n) is 10.9. The quantitative estimate of drug-likeness (QED) is 0.693. The number of carbonyl (C=O) groups is 1.